The second-order valence-electron chi connectivity index (χ2n) is 9.88. The number of ketones is 1. The zero-order chi connectivity index (χ0) is 28.7. The molecule has 2 aliphatic carbocycles. The normalized spacial score (nSPS) is 24.7. The molecular formula is C24H35Cl3O9S2. The topological polar surface area (TPSA) is 130 Å². The van der Waals surface area contributed by atoms with Crippen molar-refractivity contribution in [1.29, 1.82) is 0 Å². The van der Waals surface area contributed by atoms with E-state index in [9.17, 15) is 26.4 Å². The summed E-state index contributed by atoms with van der Waals surface area (Å²) in [7, 11) is -7.79. The minimum atomic E-state index is -3.92. The average molecular weight is 638 g/mol. The predicted octanol–water partition coefficient (Wildman–Crippen LogP) is 4.18. The molecule has 2 rings (SSSR count). The number of Topliss-reactive ketones (excluding diaryl/α,β-unsaturated/α-hetero) is 1. The largest absolute Gasteiger partial charge is 0.461 e. The number of unbranched alkanes of at least 4 members (excludes halogenated alkanes) is 3. The number of fused-ring (bicyclic) bond motifs is 1. The first-order valence-corrected chi connectivity index (χ1v) is 17.3. The molecule has 6 unspecified atom stereocenters. The average Bonchev–Trinajstić information content (AvgIpc) is 3.35. The van der Waals surface area contributed by atoms with Crippen LogP contribution in [0, 0.1) is 35.5 Å². The molecule has 2 saturated carbocycles. The van der Waals surface area contributed by atoms with Crippen LogP contribution in [0.15, 0.2) is 0 Å². The Hall–Kier alpha value is -0.610. The molecular weight excluding hydrogens is 603 g/mol. The third kappa shape index (κ3) is 11.9. The smallest absolute Gasteiger partial charge is 0.305 e. The molecule has 9 nitrogen and oxygen atoms in total. The van der Waals surface area contributed by atoms with Gasteiger partial charge < -0.3 is 4.74 Å². The van der Waals surface area contributed by atoms with Crippen molar-refractivity contribution in [1.82, 2.24) is 0 Å². The van der Waals surface area contributed by atoms with Gasteiger partial charge in [0.15, 0.2) is 0 Å². The fraction of sp³-hybridized carbons (Fsp3) is 0.833. The Morgan fingerprint density at radius 2 is 1.71 bits per heavy atom. The van der Waals surface area contributed by atoms with E-state index >= 15 is 0 Å². The molecule has 0 amide bonds. The van der Waals surface area contributed by atoms with Crippen molar-refractivity contribution >= 4 is 66.8 Å². The second-order valence-corrected chi connectivity index (χ2v) is 15.6. The number of halogens is 3. The molecule has 218 valence electrons. The Morgan fingerprint density at radius 1 is 1.05 bits per heavy atom. The van der Waals surface area contributed by atoms with Crippen molar-refractivity contribution in [2.45, 2.75) is 80.7 Å². The molecule has 0 aromatic carbocycles. The van der Waals surface area contributed by atoms with Gasteiger partial charge in [-0.05, 0) is 30.6 Å². The monoisotopic (exact) mass is 636 g/mol. The molecule has 0 aromatic heterocycles. The van der Waals surface area contributed by atoms with Crippen molar-refractivity contribution in [2.24, 2.45) is 23.7 Å². The quantitative estimate of drug-likeness (QED) is 0.0853. The first-order valence-electron chi connectivity index (χ1n) is 12.5. The number of hydrogen-bond donors (Lipinski definition) is 0. The molecule has 0 N–H and O–H groups in total. The van der Waals surface area contributed by atoms with E-state index in [2.05, 4.69) is 11.8 Å². The highest BCUT2D eigenvalue weighted by Crippen LogP contribution is 2.62. The summed E-state index contributed by atoms with van der Waals surface area (Å²) in [6, 6.07) is 0. The summed E-state index contributed by atoms with van der Waals surface area (Å²) in [5, 5.41) is 0. The first-order chi connectivity index (χ1) is 17.5. The van der Waals surface area contributed by atoms with Gasteiger partial charge in [0.05, 0.1) is 12.5 Å². The maximum Gasteiger partial charge on any atom is 0.305 e. The van der Waals surface area contributed by atoms with Crippen molar-refractivity contribution in [2.75, 3.05) is 19.1 Å². The summed E-state index contributed by atoms with van der Waals surface area (Å²) >= 11 is 16.6. The van der Waals surface area contributed by atoms with Crippen LogP contribution in [-0.4, -0.2) is 63.7 Å². The zero-order valence-electron chi connectivity index (χ0n) is 21.7. The predicted molar refractivity (Wildman–Crippen MR) is 145 cm³/mol. The highest BCUT2D eigenvalue weighted by Gasteiger charge is 2.65. The Labute approximate surface area is 240 Å². The Balaban J connectivity index is 2.01. The molecule has 0 aromatic rings. The van der Waals surface area contributed by atoms with Crippen LogP contribution in [0.1, 0.15) is 64.7 Å². The van der Waals surface area contributed by atoms with Crippen LogP contribution in [-0.2, 0) is 42.9 Å². The number of alkyl halides is 3. The van der Waals surface area contributed by atoms with E-state index in [1.807, 2.05) is 6.92 Å². The first kappa shape index (κ1) is 33.6. The van der Waals surface area contributed by atoms with E-state index in [0.29, 0.717) is 25.7 Å². The van der Waals surface area contributed by atoms with Gasteiger partial charge in [0.2, 0.25) is 3.79 Å². The molecule has 2 aliphatic rings. The molecule has 0 spiro atoms. The van der Waals surface area contributed by atoms with Gasteiger partial charge in [0.1, 0.15) is 24.6 Å². The van der Waals surface area contributed by atoms with E-state index in [0.717, 1.165) is 25.4 Å². The maximum atomic E-state index is 12.6. The van der Waals surface area contributed by atoms with Gasteiger partial charge in [-0.15, -0.1) is 11.8 Å². The Morgan fingerprint density at radius 3 is 2.29 bits per heavy atom. The SMILES string of the molecule is CCCCCC(OS(C)(=O)=O)C(OS(C)(=O)=O)C1C2CC(=O)C(CC#CCCCC(=O)OCC(Cl)(Cl)Cl)C21. The standard InChI is InChI=1S/C24H35Cl3O9S2/c1-4-5-8-12-19(35-37(2,30)31)23(36-38(3,32)33)22-17-14-18(28)16(21(17)22)11-9-6-7-10-13-20(29)34-15-24(25,26)27/h16-17,19,21-23H,4-5,7-8,10-15H2,1-3H3. The van der Waals surface area contributed by atoms with E-state index < -0.39 is 48.1 Å². The third-order valence-electron chi connectivity index (χ3n) is 6.56. The van der Waals surface area contributed by atoms with Gasteiger partial charge in [-0.25, -0.2) is 0 Å². The number of carbonyl (C=O) groups is 2. The van der Waals surface area contributed by atoms with E-state index in [1.165, 1.54) is 0 Å². The number of rotatable bonds is 15. The van der Waals surface area contributed by atoms with Crippen LogP contribution in [0.4, 0.5) is 0 Å². The van der Waals surface area contributed by atoms with Crippen molar-refractivity contribution < 1.29 is 39.5 Å². The number of carbonyl (C=O) groups excluding carboxylic acids is 2. The lowest BCUT2D eigenvalue weighted by atomic mass is 9.91. The van der Waals surface area contributed by atoms with Crippen molar-refractivity contribution in [3.63, 3.8) is 0 Å². The lowest BCUT2D eigenvalue weighted by Crippen LogP contribution is -2.38. The van der Waals surface area contributed by atoms with E-state index in [-0.39, 0.29) is 49.4 Å². The highest BCUT2D eigenvalue weighted by molar-refractivity contribution is 7.86. The molecule has 0 heterocycles. The summed E-state index contributed by atoms with van der Waals surface area (Å²) in [5.74, 6) is 4.50. The maximum absolute atomic E-state index is 12.6. The number of hydrogen-bond acceptors (Lipinski definition) is 9. The van der Waals surface area contributed by atoms with E-state index in [1.54, 1.807) is 0 Å². The molecule has 2 fully saturated rings. The number of esters is 1. The van der Waals surface area contributed by atoms with Crippen LogP contribution in [0.5, 0.6) is 0 Å². The molecule has 6 atom stereocenters. The van der Waals surface area contributed by atoms with E-state index in [4.69, 9.17) is 47.9 Å². The Kier molecular flexibility index (Phi) is 12.7. The Bertz CT molecular complexity index is 1110. The van der Waals surface area contributed by atoms with Crippen LogP contribution < -0.4 is 0 Å². The molecule has 0 radical (unpaired) electrons. The summed E-state index contributed by atoms with van der Waals surface area (Å²) in [6.07, 6.45) is 4.05. The summed E-state index contributed by atoms with van der Waals surface area (Å²) in [6.45, 7) is 1.66. The minimum absolute atomic E-state index is 0.0468. The van der Waals surface area contributed by atoms with Crippen LogP contribution in [0.25, 0.3) is 0 Å². The molecule has 38 heavy (non-hydrogen) atoms. The fourth-order valence-electron chi connectivity index (χ4n) is 5.07. The van der Waals surface area contributed by atoms with Crippen LogP contribution in [0.3, 0.4) is 0 Å². The van der Waals surface area contributed by atoms with Gasteiger partial charge in [0, 0.05) is 31.6 Å². The van der Waals surface area contributed by atoms with Gasteiger partial charge >= 0.3 is 5.97 Å². The second kappa shape index (κ2) is 14.3. The lowest BCUT2D eigenvalue weighted by molar-refractivity contribution is -0.143. The molecule has 14 heteroatoms. The summed E-state index contributed by atoms with van der Waals surface area (Å²) in [5.41, 5.74) is 0. The van der Waals surface area contributed by atoms with Crippen molar-refractivity contribution in [3.05, 3.63) is 0 Å². The summed E-state index contributed by atoms with van der Waals surface area (Å²) < 4.78 is 62.0. The molecule has 0 bridgehead atoms. The van der Waals surface area contributed by atoms with Gasteiger partial charge in [-0.3, -0.25) is 18.0 Å². The molecule has 0 aliphatic heterocycles. The zero-order valence-corrected chi connectivity index (χ0v) is 25.6. The van der Waals surface area contributed by atoms with Gasteiger partial charge in [-0.2, -0.15) is 16.8 Å². The lowest BCUT2D eigenvalue weighted by Gasteiger charge is -2.27. The third-order valence-corrected chi connectivity index (χ3v) is 8.05. The van der Waals surface area contributed by atoms with Crippen molar-refractivity contribution in [3.8, 4) is 11.8 Å². The number of ether oxygens (including phenoxy) is 1. The minimum Gasteiger partial charge on any atom is -0.461 e. The summed E-state index contributed by atoms with van der Waals surface area (Å²) in [4.78, 5) is 24.2. The van der Waals surface area contributed by atoms with Gasteiger partial charge in [-0.1, -0.05) is 61.0 Å². The molecule has 0 saturated heterocycles. The highest BCUT2D eigenvalue weighted by atomic mass is 35.6. The van der Waals surface area contributed by atoms with Crippen LogP contribution >= 0.6 is 34.8 Å². The fourth-order valence-corrected chi connectivity index (χ4v) is 6.54. The van der Waals surface area contributed by atoms with Crippen LogP contribution in [0.2, 0.25) is 0 Å². The van der Waals surface area contributed by atoms with Gasteiger partial charge in [0.25, 0.3) is 20.2 Å².